The van der Waals surface area contributed by atoms with Crippen LogP contribution in [-0.2, 0) is 9.47 Å². The molecule has 0 radical (unpaired) electrons. The molecule has 2 rings (SSSR count). The number of nitrogens with zero attached hydrogens (tertiary/aromatic N) is 2. The summed E-state index contributed by atoms with van der Waals surface area (Å²) in [6.07, 6.45) is 1.43. The van der Waals surface area contributed by atoms with E-state index in [0.29, 0.717) is 26.3 Å². The molecule has 0 amide bonds. The predicted octanol–water partition coefficient (Wildman–Crippen LogP) is 1.10. The lowest BCUT2D eigenvalue weighted by Gasteiger charge is -2.27. The highest BCUT2D eigenvalue weighted by molar-refractivity contribution is 8.89. The smallest absolute Gasteiger partial charge is 0.147 e. The Morgan fingerprint density at radius 2 is 1.29 bits per heavy atom. The lowest BCUT2D eigenvalue weighted by molar-refractivity contribution is 0.0194. The molecule has 2 aliphatic rings. The molecule has 24 heavy (non-hydrogen) atoms. The second-order valence-electron chi connectivity index (χ2n) is 5.65. The van der Waals surface area contributed by atoms with Gasteiger partial charge in [-0.3, -0.25) is 0 Å². The first-order valence-corrected chi connectivity index (χ1v) is 11.0. The van der Waals surface area contributed by atoms with Crippen LogP contribution in [0, 0.1) is 0 Å². The van der Waals surface area contributed by atoms with Crippen LogP contribution >= 0.6 is 46.0 Å². The van der Waals surface area contributed by atoms with Gasteiger partial charge in [-0.2, -0.15) is 0 Å². The minimum atomic E-state index is -0.184. The molecule has 2 aliphatic heterocycles. The van der Waals surface area contributed by atoms with Gasteiger partial charge in [-0.15, -0.1) is 0 Å². The molecule has 2 unspecified atom stereocenters. The van der Waals surface area contributed by atoms with Crippen LogP contribution in [0.1, 0.15) is 12.8 Å². The average molecular weight is 413 g/mol. The molecule has 0 saturated carbocycles. The van der Waals surface area contributed by atoms with Gasteiger partial charge in [0.05, 0.1) is 25.4 Å². The first-order chi connectivity index (χ1) is 11.6. The van der Waals surface area contributed by atoms with Crippen LogP contribution in [0.5, 0.6) is 0 Å². The monoisotopic (exact) mass is 412 g/mol. The van der Waals surface area contributed by atoms with Crippen LogP contribution in [0.3, 0.4) is 0 Å². The Labute approximate surface area is 161 Å². The summed E-state index contributed by atoms with van der Waals surface area (Å²) in [5.74, 6) is 0. The maximum atomic E-state index is 9.31. The Hall–Kier alpha value is 0.320. The van der Waals surface area contributed by atoms with Gasteiger partial charge in [0.25, 0.3) is 0 Å². The molecule has 2 N–H and O–H groups in total. The van der Waals surface area contributed by atoms with E-state index in [2.05, 4.69) is 9.80 Å². The zero-order valence-electron chi connectivity index (χ0n) is 13.5. The van der Waals surface area contributed by atoms with Gasteiger partial charge < -0.3 is 29.5 Å². The highest BCUT2D eigenvalue weighted by Gasteiger charge is 2.23. The summed E-state index contributed by atoms with van der Waals surface area (Å²) in [5.41, 5.74) is 0. The van der Waals surface area contributed by atoms with Gasteiger partial charge in [-0.1, -0.05) is 24.4 Å². The standard InChI is InChI=1S/C14H24N2O4S4/c17-9-11-7-15(3-1-5-19-11)13(21)23-24-14(22)16-4-2-6-20-12(8-16)10-18/h11-12,17-18H,1-10H2. The minimum Gasteiger partial charge on any atom is -0.394 e. The van der Waals surface area contributed by atoms with Crippen molar-refractivity contribution in [1.29, 1.82) is 0 Å². The molecule has 6 nitrogen and oxygen atoms in total. The summed E-state index contributed by atoms with van der Waals surface area (Å²) < 4.78 is 12.6. The first kappa shape index (κ1) is 20.6. The number of thiocarbonyl (C=S) groups is 2. The number of aliphatic hydroxyl groups is 2. The molecule has 0 spiro atoms. The second-order valence-corrected chi connectivity index (χ2v) is 9.05. The topological polar surface area (TPSA) is 65.4 Å². The number of hydrogen-bond donors (Lipinski definition) is 2. The highest BCUT2D eigenvalue weighted by atomic mass is 33.1. The summed E-state index contributed by atoms with van der Waals surface area (Å²) in [6.45, 7) is 4.20. The fourth-order valence-electron chi connectivity index (χ4n) is 2.52. The van der Waals surface area contributed by atoms with Crippen molar-refractivity contribution < 1.29 is 19.7 Å². The van der Waals surface area contributed by atoms with Crippen molar-refractivity contribution in [3.63, 3.8) is 0 Å². The van der Waals surface area contributed by atoms with Crippen molar-refractivity contribution in [1.82, 2.24) is 9.80 Å². The van der Waals surface area contributed by atoms with E-state index in [4.69, 9.17) is 33.9 Å². The van der Waals surface area contributed by atoms with Crippen LogP contribution in [-0.4, -0.2) is 93.5 Å². The highest BCUT2D eigenvalue weighted by Crippen LogP contribution is 2.29. The fourth-order valence-corrected chi connectivity index (χ4v) is 5.21. The summed E-state index contributed by atoms with van der Waals surface area (Å²) in [5, 5.41) is 18.6. The molecule has 138 valence electrons. The lowest BCUT2D eigenvalue weighted by Crippen LogP contribution is -2.37. The van der Waals surface area contributed by atoms with Crippen molar-refractivity contribution in [3.05, 3.63) is 0 Å². The van der Waals surface area contributed by atoms with Crippen LogP contribution in [0.2, 0.25) is 0 Å². The van der Waals surface area contributed by atoms with Crippen LogP contribution in [0.25, 0.3) is 0 Å². The predicted molar refractivity (Wildman–Crippen MR) is 106 cm³/mol. The molecule has 0 aliphatic carbocycles. The molecule has 0 aromatic heterocycles. The molecule has 2 saturated heterocycles. The Kier molecular flexibility index (Phi) is 9.56. The molecule has 2 fully saturated rings. The maximum Gasteiger partial charge on any atom is 0.147 e. The number of aliphatic hydroxyl groups excluding tert-OH is 2. The normalized spacial score (nSPS) is 25.9. The summed E-state index contributed by atoms with van der Waals surface area (Å²) >= 11 is 11.0. The van der Waals surface area contributed by atoms with Gasteiger partial charge in [0.15, 0.2) is 0 Å². The first-order valence-electron chi connectivity index (χ1n) is 8.01. The van der Waals surface area contributed by atoms with E-state index in [9.17, 15) is 10.2 Å². The third-order valence-corrected chi connectivity index (χ3v) is 7.54. The lowest BCUT2D eigenvalue weighted by atomic mass is 10.3. The summed E-state index contributed by atoms with van der Waals surface area (Å²) in [4.78, 5) is 4.15. The molecular weight excluding hydrogens is 388 g/mol. The molecule has 0 aromatic carbocycles. The summed E-state index contributed by atoms with van der Waals surface area (Å²) in [7, 11) is 2.95. The van der Waals surface area contributed by atoms with Gasteiger partial charge in [0, 0.05) is 39.4 Å². The third kappa shape index (κ3) is 6.56. The number of rotatable bonds is 2. The van der Waals surface area contributed by atoms with Crippen molar-refractivity contribution in [2.24, 2.45) is 0 Å². The average Bonchev–Trinajstić information content (AvgIpc) is 2.99. The SMILES string of the molecule is OCC1CN(C(=S)SSC(=S)N2CCCOC(CO)C2)CCCO1. The van der Waals surface area contributed by atoms with Crippen LogP contribution < -0.4 is 0 Å². The van der Waals surface area contributed by atoms with Crippen molar-refractivity contribution in [3.8, 4) is 0 Å². The molecule has 2 atom stereocenters. The number of hydrogen-bond acceptors (Lipinski definition) is 8. The van der Waals surface area contributed by atoms with E-state index in [1.807, 2.05) is 0 Å². The van der Waals surface area contributed by atoms with Gasteiger partial charge >= 0.3 is 0 Å². The van der Waals surface area contributed by atoms with Crippen LogP contribution in [0.4, 0.5) is 0 Å². The Bertz CT molecular complexity index is 392. The zero-order chi connectivity index (χ0) is 17.4. The summed E-state index contributed by atoms with van der Waals surface area (Å²) in [6, 6.07) is 0. The van der Waals surface area contributed by atoms with Crippen molar-refractivity contribution >= 4 is 54.7 Å². The van der Waals surface area contributed by atoms with E-state index in [1.165, 1.54) is 21.6 Å². The third-order valence-electron chi connectivity index (χ3n) is 3.81. The Balaban J connectivity index is 1.80. The van der Waals surface area contributed by atoms with Gasteiger partial charge in [-0.25, -0.2) is 0 Å². The maximum absolute atomic E-state index is 9.31. The molecule has 0 bridgehead atoms. The van der Waals surface area contributed by atoms with Gasteiger partial charge in [0.1, 0.15) is 8.64 Å². The van der Waals surface area contributed by atoms with Crippen LogP contribution in [0.15, 0.2) is 0 Å². The minimum absolute atomic E-state index is 0.00562. The molecule has 2 heterocycles. The second kappa shape index (κ2) is 11.1. The molecule has 0 aromatic rings. The van der Waals surface area contributed by atoms with E-state index in [-0.39, 0.29) is 25.4 Å². The van der Waals surface area contributed by atoms with E-state index >= 15 is 0 Å². The Morgan fingerprint density at radius 1 is 0.875 bits per heavy atom. The fraction of sp³-hybridized carbons (Fsp3) is 0.857. The largest absolute Gasteiger partial charge is 0.394 e. The molecular formula is C14H24N2O4S4. The van der Waals surface area contributed by atoms with Gasteiger partial charge in [-0.05, 0) is 34.4 Å². The Morgan fingerprint density at radius 3 is 1.67 bits per heavy atom. The van der Waals surface area contributed by atoms with Crippen molar-refractivity contribution in [2.75, 3.05) is 52.6 Å². The quantitative estimate of drug-likeness (QED) is 0.509. The van der Waals surface area contributed by atoms with E-state index in [1.54, 1.807) is 0 Å². The molecule has 10 heteroatoms. The zero-order valence-corrected chi connectivity index (χ0v) is 16.7. The van der Waals surface area contributed by atoms with E-state index in [0.717, 1.165) is 34.6 Å². The van der Waals surface area contributed by atoms with Gasteiger partial charge in [0.2, 0.25) is 0 Å². The van der Waals surface area contributed by atoms with Crippen molar-refractivity contribution in [2.45, 2.75) is 25.0 Å². The number of ether oxygens (including phenoxy) is 2. The van der Waals surface area contributed by atoms with E-state index < -0.39 is 0 Å².